The summed E-state index contributed by atoms with van der Waals surface area (Å²) in [4.78, 5) is 17.6. The number of anilines is 1. The van der Waals surface area contributed by atoms with Crippen molar-refractivity contribution in [2.24, 2.45) is 5.92 Å². The second kappa shape index (κ2) is 9.20. The third-order valence-corrected chi connectivity index (χ3v) is 8.02. The quantitative estimate of drug-likeness (QED) is 0.427. The molecule has 2 aromatic heterocycles. The van der Waals surface area contributed by atoms with Crippen molar-refractivity contribution in [3.8, 4) is 0 Å². The van der Waals surface area contributed by atoms with E-state index in [9.17, 15) is 9.90 Å². The number of rotatable bonds is 9. The summed E-state index contributed by atoms with van der Waals surface area (Å²) in [6.45, 7) is 9.56. The van der Waals surface area contributed by atoms with E-state index in [0.717, 1.165) is 49.2 Å². The van der Waals surface area contributed by atoms with E-state index >= 15 is 0 Å². The van der Waals surface area contributed by atoms with Gasteiger partial charge in [-0.05, 0) is 55.7 Å². The zero-order valence-electron chi connectivity index (χ0n) is 19.1. The summed E-state index contributed by atoms with van der Waals surface area (Å²) in [7, 11) is -1.11. The average Bonchev–Trinajstić information content (AvgIpc) is 3.46. The number of carbonyl (C=O) groups is 1. The van der Waals surface area contributed by atoms with Crippen molar-refractivity contribution < 1.29 is 14.6 Å². The number of piperidine rings is 1. The molecule has 2 N–H and O–H groups in total. The zero-order valence-corrected chi connectivity index (χ0v) is 20.1. The highest BCUT2D eigenvalue weighted by atomic mass is 28.3. The minimum atomic E-state index is -1.11. The summed E-state index contributed by atoms with van der Waals surface area (Å²) in [6, 6.07) is 3.32. The van der Waals surface area contributed by atoms with Crippen molar-refractivity contribution in [2.75, 3.05) is 25.0 Å². The van der Waals surface area contributed by atoms with Gasteiger partial charge in [0.1, 0.15) is 12.4 Å². The van der Waals surface area contributed by atoms with Gasteiger partial charge in [0.2, 0.25) is 0 Å². The van der Waals surface area contributed by atoms with Crippen molar-refractivity contribution in [1.29, 1.82) is 0 Å². The highest BCUT2D eigenvalue weighted by Crippen LogP contribution is 2.37. The van der Waals surface area contributed by atoms with Crippen molar-refractivity contribution in [1.82, 2.24) is 14.5 Å². The van der Waals surface area contributed by atoms with Crippen LogP contribution < -0.4 is 5.32 Å². The first-order valence-corrected chi connectivity index (χ1v) is 15.3. The number of ether oxygens (including phenoxy) is 1. The molecule has 1 aliphatic heterocycles. The molecule has 0 unspecified atom stereocenters. The predicted molar refractivity (Wildman–Crippen MR) is 127 cm³/mol. The molecule has 3 heterocycles. The first-order valence-electron chi connectivity index (χ1n) is 11.6. The number of nitrogens with zero attached hydrogens (tertiary/aromatic N) is 3. The highest BCUT2D eigenvalue weighted by molar-refractivity contribution is 6.76. The first-order chi connectivity index (χ1) is 14.8. The normalized spacial score (nSPS) is 19.7. The number of fused-ring (bicyclic) bond motifs is 1. The number of carboxylic acid groups (broad SMARTS) is 1. The van der Waals surface area contributed by atoms with Crippen LogP contribution in [0.25, 0.3) is 11.0 Å². The molecule has 170 valence electrons. The molecule has 1 amide bonds. The molecule has 1 aliphatic carbocycles. The fourth-order valence-corrected chi connectivity index (χ4v) is 5.09. The number of amides is 1. The lowest BCUT2D eigenvalue weighted by Gasteiger charge is -2.32. The van der Waals surface area contributed by atoms with Gasteiger partial charge in [-0.2, -0.15) is 0 Å². The van der Waals surface area contributed by atoms with Crippen molar-refractivity contribution >= 4 is 30.9 Å². The van der Waals surface area contributed by atoms with E-state index in [4.69, 9.17) is 9.72 Å². The number of pyridine rings is 1. The van der Waals surface area contributed by atoms with Crippen molar-refractivity contribution in [2.45, 2.75) is 70.6 Å². The molecule has 2 aliphatic rings. The predicted octanol–water partition coefficient (Wildman–Crippen LogP) is 4.86. The standard InChI is InChI=1S/C23H36N4O3Si/c1-31(2,3)12-11-30-16-27-14-18(13-17-6-7-17)21-20(8-9-24-22(21)27)25-19-5-4-10-26(15-19)23(28)29/h8-9,14,17,19H,4-7,10-13,15-16H2,1-3H3,(H,24,25)(H,28,29)/t19-/m1/s1. The van der Waals surface area contributed by atoms with Crippen LogP contribution >= 0.6 is 0 Å². The minimum Gasteiger partial charge on any atom is -0.465 e. The lowest BCUT2D eigenvalue weighted by atomic mass is 10.0. The molecule has 8 heteroatoms. The highest BCUT2D eigenvalue weighted by Gasteiger charge is 2.27. The van der Waals surface area contributed by atoms with Crippen LogP contribution in [-0.4, -0.2) is 59.5 Å². The van der Waals surface area contributed by atoms with Crippen molar-refractivity contribution in [3.05, 3.63) is 24.0 Å². The Morgan fingerprint density at radius 3 is 2.84 bits per heavy atom. The van der Waals surface area contributed by atoms with E-state index < -0.39 is 14.2 Å². The van der Waals surface area contributed by atoms with Crippen LogP contribution in [0.5, 0.6) is 0 Å². The maximum atomic E-state index is 11.4. The fourth-order valence-electron chi connectivity index (χ4n) is 4.34. The Balaban J connectivity index is 1.54. The number of nitrogens with one attached hydrogen (secondary N) is 1. The van der Waals surface area contributed by atoms with Gasteiger partial charge >= 0.3 is 6.09 Å². The third-order valence-electron chi connectivity index (χ3n) is 6.32. The molecule has 0 radical (unpaired) electrons. The second-order valence-electron chi connectivity index (χ2n) is 10.4. The van der Waals surface area contributed by atoms with Gasteiger partial charge in [0, 0.05) is 57.3 Å². The fraction of sp³-hybridized carbons (Fsp3) is 0.652. The van der Waals surface area contributed by atoms with Gasteiger partial charge in [0.25, 0.3) is 0 Å². The SMILES string of the molecule is C[Si](C)(C)CCOCn1cc(CC2CC2)c2c(N[C@@H]3CCCN(C(=O)O)C3)ccnc21. The molecule has 4 rings (SSSR count). The van der Waals surface area contributed by atoms with Crippen LogP contribution in [0.3, 0.4) is 0 Å². The summed E-state index contributed by atoms with van der Waals surface area (Å²) >= 11 is 0. The molecule has 2 fully saturated rings. The van der Waals surface area contributed by atoms with Crippen LogP contribution in [-0.2, 0) is 17.9 Å². The van der Waals surface area contributed by atoms with Crippen LogP contribution in [0.4, 0.5) is 10.5 Å². The van der Waals surface area contributed by atoms with E-state index in [1.54, 1.807) is 0 Å². The Kier molecular flexibility index (Phi) is 6.57. The van der Waals surface area contributed by atoms with Gasteiger partial charge in [-0.15, -0.1) is 0 Å². The van der Waals surface area contributed by atoms with Gasteiger partial charge < -0.3 is 24.6 Å². The summed E-state index contributed by atoms with van der Waals surface area (Å²) in [5.74, 6) is 0.775. The number of aromatic nitrogens is 2. The smallest absolute Gasteiger partial charge is 0.407 e. The van der Waals surface area contributed by atoms with Crippen LogP contribution in [0.15, 0.2) is 18.5 Å². The monoisotopic (exact) mass is 444 g/mol. The molecule has 7 nitrogen and oxygen atoms in total. The van der Waals surface area contributed by atoms with E-state index in [1.807, 2.05) is 12.3 Å². The molecule has 1 atom stereocenters. The molecule has 31 heavy (non-hydrogen) atoms. The summed E-state index contributed by atoms with van der Waals surface area (Å²) in [5, 5.41) is 14.2. The zero-order chi connectivity index (χ0) is 22.0. The van der Waals surface area contributed by atoms with Gasteiger partial charge in [-0.3, -0.25) is 0 Å². The lowest BCUT2D eigenvalue weighted by Crippen LogP contribution is -2.44. The number of hydrogen-bond donors (Lipinski definition) is 2. The maximum Gasteiger partial charge on any atom is 0.407 e. The Labute approximate surface area is 185 Å². The van der Waals surface area contributed by atoms with Crippen LogP contribution in [0.1, 0.15) is 31.2 Å². The molecule has 0 aromatic carbocycles. The molecular formula is C23H36N4O3Si. The first kappa shape index (κ1) is 22.1. The van der Waals surface area contributed by atoms with E-state index in [1.165, 1.54) is 28.7 Å². The molecule has 0 spiro atoms. The summed E-state index contributed by atoms with van der Waals surface area (Å²) < 4.78 is 8.18. The van der Waals surface area contributed by atoms with Gasteiger partial charge in [-0.25, -0.2) is 9.78 Å². The molecule has 1 saturated carbocycles. The lowest BCUT2D eigenvalue weighted by molar-refractivity contribution is 0.0898. The van der Waals surface area contributed by atoms with Gasteiger partial charge in [0.15, 0.2) is 0 Å². The van der Waals surface area contributed by atoms with Gasteiger partial charge in [0.05, 0.1) is 0 Å². The van der Waals surface area contributed by atoms with Crippen LogP contribution in [0.2, 0.25) is 25.7 Å². The Hall–Kier alpha value is -2.06. The van der Waals surface area contributed by atoms with E-state index in [-0.39, 0.29) is 6.04 Å². The Morgan fingerprint density at radius 2 is 2.13 bits per heavy atom. The topological polar surface area (TPSA) is 79.6 Å². The van der Waals surface area contributed by atoms with E-state index in [2.05, 4.69) is 35.7 Å². The number of hydrogen-bond acceptors (Lipinski definition) is 4. The Bertz CT molecular complexity index is 919. The van der Waals surface area contributed by atoms with E-state index in [0.29, 0.717) is 19.8 Å². The van der Waals surface area contributed by atoms with Crippen LogP contribution in [0, 0.1) is 5.92 Å². The molecule has 0 bridgehead atoms. The largest absolute Gasteiger partial charge is 0.465 e. The molecule has 2 aromatic rings. The van der Waals surface area contributed by atoms with Gasteiger partial charge in [-0.1, -0.05) is 19.6 Å². The molecule has 1 saturated heterocycles. The summed E-state index contributed by atoms with van der Waals surface area (Å²) in [5.41, 5.74) is 3.35. The summed E-state index contributed by atoms with van der Waals surface area (Å²) in [6.07, 6.45) is 8.79. The average molecular weight is 445 g/mol. The molecular weight excluding hydrogens is 408 g/mol. The Morgan fingerprint density at radius 1 is 1.32 bits per heavy atom. The second-order valence-corrected chi connectivity index (χ2v) is 16.0. The number of likely N-dealkylation sites (tertiary alicyclic amines) is 1. The maximum absolute atomic E-state index is 11.4. The third kappa shape index (κ3) is 5.80. The van der Waals surface area contributed by atoms with Crippen molar-refractivity contribution in [3.63, 3.8) is 0 Å². The minimum absolute atomic E-state index is 0.126.